The van der Waals surface area contributed by atoms with Crippen LogP contribution in [0.3, 0.4) is 0 Å². The van der Waals surface area contributed by atoms with E-state index in [2.05, 4.69) is 20.3 Å². The summed E-state index contributed by atoms with van der Waals surface area (Å²) in [6, 6.07) is 0.174. The predicted molar refractivity (Wildman–Crippen MR) is 42.6 cm³/mol. The number of fused-ring (bicyclic) bond motifs is 1. The van der Waals surface area contributed by atoms with E-state index in [1.807, 2.05) is 6.92 Å². The molecule has 1 atom stereocenters. The standard InChI is InChI=1S/C7H8N4/c1-5-6-2-8-3-10-7(6)11-4-9-5/h2-5H,1H3,(H,8,9,10,11). The second-order valence-electron chi connectivity index (χ2n) is 2.43. The molecule has 0 spiro atoms. The van der Waals surface area contributed by atoms with Crippen LogP contribution < -0.4 is 5.32 Å². The largest absolute Gasteiger partial charge is 0.331 e. The van der Waals surface area contributed by atoms with Gasteiger partial charge in [-0.05, 0) is 6.92 Å². The number of nitrogens with one attached hydrogen (secondary N) is 1. The van der Waals surface area contributed by atoms with E-state index >= 15 is 0 Å². The molecule has 4 heteroatoms. The number of aromatic nitrogens is 2. The van der Waals surface area contributed by atoms with E-state index in [1.54, 1.807) is 12.5 Å². The predicted octanol–water partition coefficient (Wildman–Crippen LogP) is 0.991. The van der Waals surface area contributed by atoms with Gasteiger partial charge in [-0.3, -0.25) is 4.99 Å². The quantitative estimate of drug-likeness (QED) is 0.597. The molecule has 0 fully saturated rings. The lowest BCUT2D eigenvalue weighted by Gasteiger charge is -2.14. The van der Waals surface area contributed by atoms with Gasteiger partial charge in [0.15, 0.2) is 0 Å². The fraction of sp³-hybridized carbons (Fsp3) is 0.286. The maximum absolute atomic E-state index is 4.16. The molecular weight excluding hydrogens is 140 g/mol. The van der Waals surface area contributed by atoms with Crippen molar-refractivity contribution in [3.8, 4) is 0 Å². The number of hydrogen-bond acceptors (Lipinski definition) is 4. The lowest BCUT2D eigenvalue weighted by atomic mass is 10.1. The van der Waals surface area contributed by atoms with Gasteiger partial charge in [0.05, 0.1) is 12.4 Å². The lowest BCUT2D eigenvalue weighted by Crippen LogP contribution is -2.10. The van der Waals surface area contributed by atoms with E-state index in [0.717, 1.165) is 11.4 Å². The van der Waals surface area contributed by atoms with Crippen LogP contribution in [-0.2, 0) is 0 Å². The first-order valence-corrected chi connectivity index (χ1v) is 3.46. The Balaban J connectivity index is 2.50. The van der Waals surface area contributed by atoms with Gasteiger partial charge >= 0.3 is 0 Å². The molecule has 0 saturated heterocycles. The molecule has 1 N–H and O–H groups in total. The maximum atomic E-state index is 4.16. The Bertz CT molecular complexity index is 294. The molecule has 2 rings (SSSR count). The molecule has 0 bridgehead atoms. The van der Waals surface area contributed by atoms with Crippen LogP contribution in [-0.4, -0.2) is 16.3 Å². The average molecular weight is 148 g/mol. The van der Waals surface area contributed by atoms with Gasteiger partial charge in [-0.2, -0.15) is 0 Å². The zero-order valence-corrected chi connectivity index (χ0v) is 6.15. The van der Waals surface area contributed by atoms with E-state index < -0.39 is 0 Å². The van der Waals surface area contributed by atoms with Gasteiger partial charge < -0.3 is 5.32 Å². The molecule has 1 aliphatic rings. The third-order valence-electron chi connectivity index (χ3n) is 1.69. The van der Waals surface area contributed by atoms with E-state index in [4.69, 9.17) is 0 Å². The second-order valence-corrected chi connectivity index (χ2v) is 2.43. The molecular formula is C7H8N4. The minimum absolute atomic E-state index is 0.174. The van der Waals surface area contributed by atoms with Crippen molar-refractivity contribution in [1.29, 1.82) is 0 Å². The molecule has 0 amide bonds. The fourth-order valence-corrected chi connectivity index (χ4v) is 1.06. The summed E-state index contributed by atoms with van der Waals surface area (Å²) in [6.07, 6.45) is 4.98. The van der Waals surface area contributed by atoms with Crippen LogP contribution in [0.5, 0.6) is 0 Å². The number of rotatable bonds is 0. The van der Waals surface area contributed by atoms with Crippen LogP contribution in [0, 0.1) is 0 Å². The van der Waals surface area contributed by atoms with Gasteiger partial charge in [-0.15, -0.1) is 0 Å². The van der Waals surface area contributed by atoms with Crippen molar-refractivity contribution in [3.05, 3.63) is 18.1 Å². The van der Waals surface area contributed by atoms with Gasteiger partial charge in [-0.25, -0.2) is 9.97 Å². The molecule has 56 valence electrons. The molecule has 1 aromatic heterocycles. The Morgan fingerprint density at radius 1 is 1.55 bits per heavy atom. The van der Waals surface area contributed by atoms with Crippen molar-refractivity contribution < 1.29 is 0 Å². The minimum atomic E-state index is 0.174. The molecule has 11 heavy (non-hydrogen) atoms. The molecule has 0 saturated carbocycles. The fourth-order valence-electron chi connectivity index (χ4n) is 1.06. The average Bonchev–Trinajstić information content (AvgIpc) is 2.06. The Hall–Kier alpha value is -1.45. The maximum Gasteiger partial charge on any atom is 0.139 e. The number of aliphatic imine (C=N–C) groups is 1. The first kappa shape index (κ1) is 6.27. The SMILES string of the molecule is CC1N=CNc2ncncc21. The monoisotopic (exact) mass is 148 g/mol. The lowest BCUT2D eigenvalue weighted by molar-refractivity contribution is 0.802. The Labute approximate surface area is 64.4 Å². The number of hydrogen-bond donors (Lipinski definition) is 1. The summed E-state index contributed by atoms with van der Waals surface area (Å²) in [5.41, 5.74) is 1.05. The van der Waals surface area contributed by atoms with Crippen molar-refractivity contribution in [2.75, 3.05) is 5.32 Å². The summed E-state index contributed by atoms with van der Waals surface area (Å²) >= 11 is 0. The van der Waals surface area contributed by atoms with Gasteiger partial charge in [0.2, 0.25) is 0 Å². The highest BCUT2D eigenvalue weighted by Crippen LogP contribution is 2.23. The van der Waals surface area contributed by atoms with Crippen LogP contribution in [0.15, 0.2) is 17.5 Å². The molecule has 1 aromatic rings. The highest BCUT2D eigenvalue weighted by Gasteiger charge is 2.12. The molecule has 0 radical (unpaired) electrons. The third-order valence-corrected chi connectivity index (χ3v) is 1.69. The molecule has 4 nitrogen and oxygen atoms in total. The van der Waals surface area contributed by atoms with Crippen molar-refractivity contribution in [2.45, 2.75) is 13.0 Å². The van der Waals surface area contributed by atoms with E-state index in [1.165, 1.54) is 6.33 Å². The highest BCUT2D eigenvalue weighted by molar-refractivity contribution is 5.77. The van der Waals surface area contributed by atoms with Crippen LogP contribution in [0.25, 0.3) is 0 Å². The van der Waals surface area contributed by atoms with Gasteiger partial charge in [0.1, 0.15) is 12.1 Å². The summed E-state index contributed by atoms with van der Waals surface area (Å²) in [6.45, 7) is 2.01. The zero-order chi connectivity index (χ0) is 7.68. The Kier molecular flexibility index (Phi) is 1.31. The third kappa shape index (κ3) is 0.960. The summed E-state index contributed by atoms with van der Waals surface area (Å²) in [5.74, 6) is 0.863. The summed E-state index contributed by atoms with van der Waals surface area (Å²) < 4.78 is 0. The van der Waals surface area contributed by atoms with Crippen LogP contribution in [0.4, 0.5) is 5.82 Å². The Morgan fingerprint density at radius 2 is 2.45 bits per heavy atom. The van der Waals surface area contributed by atoms with E-state index in [-0.39, 0.29) is 6.04 Å². The molecule has 2 heterocycles. The van der Waals surface area contributed by atoms with Crippen LogP contribution in [0.2, 0.25) is 0 Å². The normalized spacial score (nSPS) is 20.6. The van der Waals surface area contributed by atoms with Gasteiger partial charge in [0, 0.05) is 11.8 Å². The first-order valence-electron chi connectivity index (χ1n) is 3.46. The minimum Gasteiger partial charge on any atom is -0.331 e. The van der Waals surface area contributed by atoms with Crippen molar-refractivity contribution in [3.63, 3.8) is 0 Å². The van der Waals surface area contributed by atoms with Gasteiger partial charge in [0.25, 0.3) is 0 Å². The first-order chi connectivity index (χ1) is 5.38. The number of anilines is 1. The van der Waals surface area contributed by atoms with Crippen molar-refractivity contribution in [2.24, 2.45) is 4.99 Å². The van der Waals surface area contributed by atoms with Gasteiger partial charge in [-0.1, -0.05) is 0 Å². The second kappa shape index (κ2) is 2.30. The summed E-state index contributed by atoms with van der Waals surface area (Å²) in [5, 5.41) is 2.95. The van der Waals surface area contributed by atoms with Crippen molar-refractivity contribution >= 4 is 12.2 Å². The Morgan fingerprint density at radius 3 is 3.27 bits per heavy atom. The molecule has 0 aliphatic carbocycles. The molecule has 1 aliphatic heterocycles. The van der Waals surface area contributed by atoms with Crippen LogP contribution >= 0.6 is 0 Å². The smallest absolute Gasteiger partial charge is 0.139 e. The summed E-state index contributed by atoms with van der Waals surface area (Å²) in [4.78, 5) is 12.1. The van der Waals surface area contributed by atoms with E-state index in [0.29, 0.717) is 0 Å². The van der Waals surface area contributed by atoms with Crippen molar-refractivity contribution in [1.82, 2.24) is 9.97 Å². The topological polar surface area (TPSA) is 50.2 Å². The molecule has 0 aromatic carbocycles. The zero-order valence-electron chi connectivity index (χ0n) is 6.15. The van der Waals surface area contributed by atoms with E-state index in [9.17, 15) is 0 Å². The number of nitrogens with zero attached hydrogens (tertiary/aromatic N) is 3. The summed E-state index contributed by atoms with van der Waals surface area (Å²) in [7, 11) is 0. The van der Waals surface area contributed by atoms with Crippen LogP contribution in [0.1, 0.15) is 18.5 Å². The highest BCUT2D eigenvalue weighted by atomic mass is 15.1. The molecule has 1 unspecified atom stereocenters.